The quantitative estimate of drug-likeness (QED) is 0.280. The number of amides is 1. The second-order valence-electron chi connectivity index (χ2n) is 8.77. The van der Waals surface area contributed by atoms with Crippen LogP contribution in [0.2, 0.25) is 0 Å². The summed E-state index contributed by atoms with van der Waals surface area (Å²) in [6.07, 6.45) is 0. The number of rotatable bonds is 5. The van der Waals surface area contributed by atoms with Gasteiger partial charge in [-0.25, -0.2) is 4.68 Å². The molecular formula is C27H27BrN4OS. The van der Waals surface area contributed by atoms with E-state index in [1.807, 2.05) is 49.6 Å². The van der Waals surface area contributed by atoms with Gasteiger partial charge in [0.25, 0.3) is 0 Å². The third-order valence-electron chi connectivity index (χ3n) is 5.64. The first-order valence-electron chi connectivity index (χ1n) is 11.0. The molecule has 0 unspecified atom stereocenters. The van der Waals surface area contributed by atoms with Crippen LogP contribution in [-0.2, 0) is 11.3 Å². The van der Waals surface area contributed by atoms with E-state index in [0.717, 1.165) is 43.7 Å². The molecule has 0 spiro atoms. The minimum atomic E-state index is -0.168. The van der Waals surface area contributed by atoms with Gasteiger partial charge in [0.1, 0.15) is 6.54 Å². The van der Waals surface area contributed by atoms with Crippen LogP contribution in [0.15, 0.2) is 59.1 Å². The molecule has 1 heterocycles. The maximum Gasteiger partial charge on any atom is 0.246 e. The Kier molecular flexibility index (Phi) is 6.86. The summed E-state index contributed by atoms with van der Waals surface area (Å²) >= 11 is 9.33. The van der Waals surface area contributed by atoms with E-state index >= 15 is 0 Å². The second-order valence-corrected chi connectivity index (χ2v) is 10.1. The summed E-state index contributed by atoms with van der Waals surface area (Å²) in [5, 5.41) is 7.84. The zero-order valence-electron chi connectivity index (χ0n) is 19.9. The van der Waals surface area contributed by atoms with Gasteiger partial charge < -0.3 is 5.32 Å². The van der Waals surface area contributed by atoms with Crippen molar-refractivity contribution in [2.75, 3.05) is 5.32 Å². The van der Waals surface area contributed by atoms with Crippen molar-refractivity contribution in [3.8, 4) is 17.1 Å². The zero-order valence-corrected chi connectivity index (χ0v) is 22.3. The number of aromatic nitrogens is 3. The molecule has 0 radical (unpaired) electrons. The van der Waals surface area contributed by atoms with Crippen LogP contribution in [0.4, 0.5) is 5.69 Å². The Morgan fingerprint density at radius 2 is 1.47 bits per heavy atom. The fourth-order valence-electron chi connectivity index (χ4n) is 4.30. The maximum absolute atomic E-state index is 13.0. The molecule has 4 rings (SSSR count). The van der Waals surface area contributed by atoms with E-state index in [1.54, 1.807) is 4.68 Å². The van der Waals surface area contributed by atoms with E-state index in [9.17, 15) is 4.79 Å². The summed E-state index contributed by atoms with van der Waals surface area (Å²) in [6.45, 7) is 10.2. The average molecular weight is 536 g/mol. The second kappa shape index (κ2) is 9.68. The van der Waals surface area contributed by atoms with Crippen molar-refractivity contribution in [3.05, 3.63) is 91.7 Å². The van der Waals surface area contributed by atoms with Crippen molar-refractivity contribution < 1.29 is 4.79 Å². The first kappa shape index (κ1) is 24.1. The third-order valence-corrected chi connectivity index (χ3v) is 6.56. The number of nitrogens with zero attached hydrogens (tertiary/aromatic N) is 3. The van der Waals surface area contributed by atoms with Gasteiger partial charge in [0, 0.05) is 15.7 Å². The maximum atomic E-state index is 13.0. The van der Waals surface area contributed by atoms with Crippen molar-refractivity contribution in [2.24, 2.45) is 0 Å². The van der Waals surface area contributed by atoms with Crippen LogP contribution < -0.4 is 5.32 Å². The predicted molar refractivity (Wildman–Crippen MR) is 144 cm³/mol. The normalized spacial score (nSPS) is 11.0. The van der Waals surface area contributed by atoms with E-state index < -0.39 is 0 Å². The molecule has 0 saturated heterocycles. The highest BCUT2D eigenvalue weighted by Crippen LogP contribution is 2.26. The highest BCUT2D eigenvalue weighted by molar-refractivity contribution is 9.10. The molecular weight excluding hydrogens is 508 g/mol. The van der Waals surface area contributed by atoms with Crippen LogP contribution in [0.5, 0.6) is 0 Å². The molecule has 0 aliphatic heterocycles. The van der Waals surface area contributed by atoms with Gasteiger partial charge in [0.05, 0.1) is 5.69 Å². The number of halogens is 1. The Hall–Kier alpha value is -3.03. The molecule has 1 N–H and O–H groups in total. The van der Waals surface area contributed by atoms with Gasteiger partial charge in [-0.2, -0.15) is 5.10 Å². The smallest absolute Gasteiger partial charge is 0.246 e. The molecule has 1 aromatic heterocycles. The van der Waals surface area contributed by atoms with Crippen molar-refractivity contribution in [2.45, 2.75) is 41.2 Å². The van der Waals surface area contributed by atoms with Gasteiger partial charge in [-0.3, -0.25) is 9.36 Å². The summed E-state index contributed by atoms with van der Waals surface area (Å²) in [5.74, 6) is 0.525. The first-order valence-corrected chi connectivity index (χ1v) is 12.2. The molecule has 0 aliphatic rings. The van der Waals surface area contributed by atoms with Gasteiger partial charge in [0.15, 0.2) is 5.82 Å². The SMILES string of the molecule is Cc1cc(C)cc(-n2c(-c3ccc(Br)cc3)nn(CC(=O)Nc3c(C)cc(C)cc3C)c2=S)c1. The standard InChI is InChI=1S/C27H27BrN4OS/c1-16-10-17(2)14-23(13-16)32-26(21-6-8-22(28)9-7-21)30-31(27(32)34)15-24(33)29-25-19(4)11-18(3)12-20(25)5/h6-14H,15H2,1-5H3,(H,29,33). The average Bonchev–Trinajstić information content (AvgIpc) is 3.06. The van der Waals surface area contributed by atoms with Gasteiger partial charge in [-0.05, 0) is 93.4 Å². The summed E-state index contributed by atoms with van der Waals surface area (Å²) in [7, 11) is 0. The lowest BCUT2D eigenvalue weighted by Crippen LogP contribution is -2.21. The number of benzene rings is 3. The van der Waals surface area contributed by atoms with Crippen molar-refractivity contribution >= 4 is 39.7 Å². The molecule has 7 heteroatoms. The summed E-state index contributed by atoms with van der Waals surface area (Å²) < 4.78 is 4.98. The number of carbonyl (C=O) groups excluding carboxylic acids is 1. The highest BCUT2D eigenvalue weighted by Gasteiger charge is 2.18. The van der Waals surface area contributed by atoms with Gasteiger partial charge in [-0.15, -0.1) is 0 Å². The third kappa shape index (κ3) is 5.05. The van der Waals surface area contributed by atoms with Crippen molar-refractivity contribution in [3.63, 3.8) is 0 Å². The first-order chi connectivity index (χ1) is 16.1. The topological polar surface area (TPSA) is 51.9 Å². The molecule has 1 amide bonds. The number of anilines is 1. The summed E-state index contributed by atoms with van der Waals surface area (Å²) in [4.78, 5) is 13.0. The predicted octanol–water partition coefficient (Wildman–Crippen LogP) is 7.01. The molecule has 0 saturated carbocycles. The van der Waals surface area contributed by atoms with Gasteiger partial charge in [0.2, 0.25) is 10.7 Å². The number of hydrogen-bond donors (Lipinski definition) is 1. The van der Waals surface area contributed by atoms with Gasteiger partial charge >= 0.3 is 0 Å². The molecule has 4 aromatic rings. The Labute approximate surface area is 213 Å². The van der Waals surface area contributed by atoms with E-state index in [1.165, 1.54) is 5.56 Å². The van der Waals surface area contributed by atoms with E-state index in [4.69, 9.17) is 17.3 Å². The summed E-state index contributed by atoms with van der Waals surface area (Å²) in [5.41, 5.74) is 8.18. The Balaban J connectivity index is 1.76. The fourth-order valence-corrected chi connectivity index (χ4v) is 4.86. The lowest BCUT2D eigenvalue weighted by atomic mass is 10.1. The fraction of sp³-hybridized carbons (Fsp3) is 0.222. The van der Waals surface area contributed by atoms with E-state index in [2.05, 4.69) is 65.4 Å². The number of hydrogen-bond acceptors (Lipinski definition) is 3. The van der Waals surface area contributed by atoms with Crippen molar-refractivity contribution in [1.82, 2.24) is 14.3 Å². The summed E-state index contributed by atoms with van der Waals surface area (Å²) in [6, 6.07) is 18.3. The van der Waals surface area contributed by atoms with Crippen LogP contribution in [-0.4, -0.2) is 20.3 Å². The van der Waals surface area contributed by atoms with Crippen LogP contribution >= 0.6 is 28.1 Å². The van der Waals surface area contributed by atoms with Crippen LogP contribution in [0.3, 0.4) is 0 Å². The van der Waals surface area contributed by atoms with E-state index in [-0.39, 0.29) is 12.5 Å². The van der Waals surface area contributed by atoms with Crippen molar-refractivity contribution in [1.29, 1.82) is 0 Å². The van der Waals surface area contributed by atoms with Crippen LogP contribution in [0.25, 0.3) is 17.1 Å². The molecule has 174 valence electrons. The van der Waals surface area contributed by atoms with Crippen LogP contribution in [0.1, 0.15) is 27.8 Å². The monoisotopic (exact) mass is 534 g/mol. The Bertz CT molecular complexity index is 1410. The molecule has 0 bridgehead atoms. The Morgan fingerprint density at radius 1 is 0.912 bits per heavy atom. The molecule has 3 aromatic carbocycles. The number of carbonyl (C=O) groups is 1. The number of aryl methyl sites for hydroxylation is 5. The molecule has 34 heavy (non-hydrogen) atoms. The lowest BCUT2D eigenvalue weighted by molar-refractivity contribution is -0.116. The molecule has 5 nitrogen and oxygen atoms in total. The Morgan fingerprint density at radius 3 is 2.06 bits per heavy atom. The highest BCUT2D eigenvalue weighted by atomic mass is 79.9. The van der Waals surface area contributed by atoms with E-state index in [0.29, 0.717) is 10.6 Å². The lowest BCUT2D eigenvalue weighted by Gasteiger charge is -2.12. The molecule has 0 fully saturated rings. The molecule has 0 atom stereocenters. The van der Waals surface area contributed by atoms with Gasteiger partial charge in [-0.1, -0.05) is 51.8 Å². The largest absolute Gasteiger partial charge is 0.324 e. The minimum absolute atomic E-state index is 0.0207. The molecule has 0 aliphatic carbocycles. The number of nitrogens with one attached hydrogen (secondary N) is 1. The minimum Gasteiger partial charge on any atom is -0.324 e. The zero-order chi connectivity index (χ0) is 24.6. The van der Waals surface area contributed by atoms with Crippen LogP contribution in [0, 0.1) is 39.4 Å².